The van der Waals surface area contributed by atoms with Crippen LogP contribution in [-0.2, 0) is 14.3 Å². The zero-order valence-electron chi connectivity index (χ0n) is 20.3. The Morgan fingerprint density at radius 1 is 0.865 bits per heavy atom. The van der Waals surface area contributed by atoms with Gasteiger partial charge in [-0.1, -0.05) is 48.0 Å². The lowest BCUT2D eigenvalue weighted by molar-refractivity contribution is -0.122. The number of fused-ring (bicyclic) bond motifs is 1. The summed E-state index contributed by atoms with van der Waals surface area (Å²) in [4.78, 5) is 53.3. The Kier molecular flexibility index (Phi) is 6.94. The number of benzene rings is 3. The maximum absolute atomic E-state index is 13.4. The van der Waals surface area contributed by atoms with E-state index in [4.69, 9.17) is 16.3 Å². The first-order valence-electron chi connectivity index (χ1n) is 12.4. The first-order valence-corrected chi connectivity index (χ1v) is 12.7. The van der Waals surface area contributed by atoms with Crippen molar-refractivity contribution < 1.29 is 23.9 Å². The number of amides is 2. The summed E-state index contributed by atoms with van der Waals surface area (Å²) >= 11 is 5.88. The van der Waals surface area contributed by atoms with Crippen LogP contribution in [0.15, 0.2) is 78.9 Å². The van der Waals surface area contributed by atoms with Gasteiger partial charge in [0.15, 0.2) is 6.10 Å². The highest BCUT2D eigenvalue weighted by Crippen LogP contribution is 2.45. The van der Waals surface area contributed by atoms with Crippen molar-refractivity contribution in [3.8, 4) is 0 Å². The van der Waals surface area contributed by atoms with Gasteiger partial charge in [-0.3, -0.25) is 19.3 Å². The maximum Gasteiger partial charge on any atom is 0.338 e. The van der Waals surface area contributed by atoms with Crippen molar-refractivity contribution in [3.05, 3.63) is 101 Å². The molecule has 37 heavy (non-hydrogen) atoms. The number of anilines is 1. The minimum absolute atomic E-state index is 0.158. The topological polar surface area (TPSA) is 80.8 Å². The lowest BCUT2D eigenvalue weighted by Crippen LogP contribution is -2.31. The quantitative estimate of drug-likeness (QED) is 0.234. The predicted octanol–water partition coefficient (Wildman–Crippen LogP) is 5.84. The van der Waals surface area contributed by atoms with Crippen LogP contribution in [0.3, 0.4) is 0 Å². The Labute approximate surface area is 220 Å². The van der Waals surface area contributed by atoms with Crippen molar-refractivity contribution in [3.63, 3.8) is 0 Å². The van der Waals surface area contributed by atoms with Crippen molar-refractivity contribution in [2.24, 2.45) is 11.8 Å². The second-order valence-electron chi connectivity index (χ2n) is 9.61. The van der Waals surface area contributed by atoms with Crippen LogP contribution in [0.5, 0.6) is 0 Å². The van der Waals surface area contributed by atoms with E-state index in [1.165, 1.54) is 29.5 Å². The lowest BCUT2D eigenvalue weighted by Gasteiger charge is -2.28. The third-order valence-electron chi connectivity index (χ3n) is 7.32. The number of esters is 1. The molecule has 0 radical (unpaired) electrons. The number of carbonyl (C=O) groups excluding carboxylic acids is 4. The van der Waals surface area contributed by atoms with E-state index in [0.717, 1.165) is 6.42 Å². The van der Waals surface area contributed by atoms with Gasteiger partial charge in [0.1, 0.15) is 0 Å². The molecule has 7 heteroatoms. The molecule has 0 aromatic heterocycles. The smallest absolute Gasteiger partial charge is 0.338 e. The number of ketones is 1. The van der Waals surface area contributed by atoms with E-state index in [-0.39, 0.29) is 40.9 Å². The molecule has 0 bridgehead atoms. The van der Waals surface area contributed by atoms with Crippen LogP contribution in [0.4, 0.5) is 5.69 Å². The summed E-state index contributed by atoms with van der Waals surface area (Å²) < 4.78 is 5.40. The van der Waals surface area contributed by atoms with Crippen LogP contribution in [0.25, 0.3) is 0 Å². The molecule has 0 N–H and O–H groups in total. The number of nitrogens with zero attached hydrogens (tertiary/aromatic N) is 1. The molecule has 5 rings (SSSR count). The van der Waals surface area contributed by atoms with E-state index in [9.17, 15) is 19.2 Å². The van der Waals surface area contributed by atoms with Gasteiger partial charge in [-0.25, -0.2) is 4.79 Å². The molecule has 188 valence electrons. The molecule has 2 fully saturated rings. The first kappa shape index (κ1) is 24.9. The zero-order valence-corrected chi connectivity index (χ0v) is 21.1. The maximum atomic E-state index is 13.4. The third kappa shape index (κ3) is 4.94. The number of hydrogen-bond acceptors (Lipinski definition) is 5. The molecule has 0 spiro atoms. The fourth-order valence-corrected chi connectivity index (χ4v) is 5.49. The first-order chi connectivity index (χ1) is 17.8. The molecule has 1 aliphatic carbocycles. The van der Waals surface area contributed by atoms with Crippen molar-refractivity contribution in [1.29, 1.82) is 0 Å². The second-order valence-corrected chi connectivity index (χ2v) is 10.1. The standard InChI is InChI=1S/C30H26ClNO5/c1-18(27(33)20-10-13-23(31)14-11-20)37-30(36)22-8-5-9-24(16-22)32-28(34)25-15-12-21(17-26(25)29(32)35)19-6-3-2-4-7-19/h2-11,13-14,16,18,21,25-26H,12,15,17H2,1H3/t18-,21-,25+,26-/m0/s1. The third-order valence-corrected chi connectivity index (χ3v) is 7.57. The van der Waals surface area contributed by atoms with Crippen LogP contribution >= 0.6 is 11.6 Å². The molecule has 1 saturated heterocycles. The van der Waals surface area contributed by atoms with E-state index in [1.54, 1.807) is 36.4 Å². The van der Waals surface area contributed by atoms with Crippen LogP contribution in [-0.4, -0.2) is 29.7 Å². The summed E-state index contributed by atoms with van der Waals surface area (Å²) in [6.07, 6.45) is 1.11. The molecule has 1 aliphatic heterocycles. The number of Topliss-reactive ketones (excluding diaryl/α,β-unsaturated/α-hetero) is 1. The summed E-state index contributed by atoms with van der Waals surface area (Å²) in [5, 5.41) is 0.499. The fraction of sp³-hybridized carbons (Fsp3) is 0.267. The fourth-order valence-electron chi connectivity index (χ4n) is 5.36. The highest BCUT2D eigenvalue weighted by atomic mass is 35.5. The number of hydrogen-bond donors (Lipinski definition) is 0. The number of rotatable bonds is 6. The van der Waals surface area contributed by atoms with Gasteiger partial charge in [0.2, 0.25) is 17.6 Å². The SMILES string of the molecule is C[C@H](OC(=O)c1cccc(N2C(=O)[C@H]3C[C@@H](c4ccccc4)CC[C@H]3C2=O)c1)C(=O)c1ccc(Cl)cc1. The molecule has 1 saturated carbocycles. The van der Waals surface area contributed by atoms with E-state index < -0.39 is 12.1 Å². The molecule has 2 amide bonds. The zero-order chi connectivity index (χ0) is 26.1. The van der Waals surface area contributed by atoms with Crippen LogP contribution in [0.2, 0.25) is 5.02 Å². The van der Waals surface area contributed by atoms with Crippen molar-refractivity contribution in [2.45, 2.75) is 38.2 Å². The highest BCUT2D eigenvalue weighted by Gasteiger charge is 2.50. The summed E-state index contributed by atoms with van der Waals surface area (Å²) in [5.74, 6) is -2.01. The summed E-state index contributed by atoms with van der Waals surface area (Å²) in [6.45, 7) is 1.50. The monoisotopic (exact) mass is 515 g/mol. The molecule has 3 aromatic carbocycles. The minimum Gasteiger partial charge on any atom is -0.451 e. The number of halogens is 1. The van der Waals surface area contributed by atoms with Gasteiger partial charge in [-0.15, -0.1) is 0 Å². The summed E-state index contributed by atoms with van der Waals surface area (Å²) in [5.41, 5.74) is 2.06. The van der Waals surface area contributed by atoms with Crippen molar-refractivity contribution >= 4 is 40.9 Å². The molecule has 0 unspecified atom stereocenters. The van der Waals surface area contributed by atoms with E-state index >= 15 is 0 Å². The molecule has 1 heterocycles. The highest BCUT2D eigenvalue weighted by molar-refractivity contribution is 6.30. The van der Waals surface area contributed by atoms with Gasteiger partial charge in [-0.05, 0) is 80.1 Å². The minimum atomic E-state index is -1.02. The van der Waals surface area contributed by atoms with Crippen LogP contribution < -0.4 is 4.90 Å². The largest absolute Gasteiger partial charge is 0.451 e. The van der Waals surface area contributed by atoms with E-state index in [2.05, 4.69) is 12.1 Å². The van der Waals surface area contributed by atoms with Crippen molar-refractivity contribution in [1.82, 2.24) is 0 Å². The van der Waals surface area contributed by atoms with Gasteiger partial charge >= 0.3 is 5.97 Å². The average molecular weight is 516 g/mol. The van der Waals surface area contributed by atoms with Gasteiger partial charge in [0.25, 0.3) is 0 Å². The second kappa shape index (κ2) is 10.3. The Balaban J connectivity index is 1.30. The van der Waals surface area contributed by atoms with Gasteiger partial charge < -0.3 is 4.74 Å². The predicted molar refractivity (Wildman–Crippen MR) is 140 cm³/mol. The molecule has 2 aliphatic rings. The molecule has 4 atom stereocenters. The van der Waals surface area contributed by atoms with E-state index in [0.29, 0.717) is 29.1 Å². The molecular formula is C30H26ClNO5. The Hall–Kier alpha value is -3.77. The normalized spacial score (nSPS) is 21.9. The van der Waals surface area contributed by atoms with Crippen LogP contribution in [0.1, 0.15) is 58.4 Å². The van der Waals surface area contributed by atoms with Gasteiger partial charge in [0.05, 0.1) is 23.1 Å². The number of carbonyl (C=O) groups is 4. The number of imide groups is 1. The Morgan fingerprint density at radius 3 is 2.30 bits per heavy atom. The Bertz CT molecular complexity index is 1350. The van der Waals surface area contributed by atoms with Gasteiger partial charge in [-0.2, -0.15) is 0 Å². The Morgan fingerprint density at radius 2 is 1.57 bits per heavy atom. The molecule has 6 nitrogen and oxygen atoms in total. The molecule has 3 aromatic rings. The summed E-state index contributed by atoms with van der Waals surface area (Å²) in [6, 6.07) is 22.7. The van der Waals surface area contributed by atoms with E-state index in [1.807, 2.05) is 18.2 Å². The molecular weight excluding hydrogens is 490 g/mol. The van der Waals surface area contributed by atoms with Crippen LogP contribution in [0, 0.1) is 11.8 Å². The van der Waals surface area contributed by atoms with Gasteiger partial charge in [0, 0.05) is 10.6 Å². The summed E-state index contributed by atoms with van der Waals surface area (Å²) in [7, 11) is 0. The van der Waals surface area contributed by atoms with Crippen molar-refractivity contribution in [2.75, 3.05) is 4.90 Å². The lowest BCUT2D eigenvalue weighted by atomic mass is 9.73. The average Bonchev–Trinajstić information content (AvgIpc) is 3.18. The number of ether oxygens (including phenoxy) is 1.